The number of nitrogens with two attached hydrogens (primary N) is 1. The third-order valence-corrected chi connectivity index (χ3v) is 2.31. The Hall–Kier alpha value is -2.57. The summed E-state index contributed by atoms with van der Waals surface area (Å²) >= 11 is 0. The van der Waals surface area contributed by atoms with Crippen LogP contribution >= 0.6 is 0 Å². The predicted molar refractivity (Wildman–Crippen MR) is 67.3 cm³/mol. The highest BCUT2D eigenvalue weighted by Crippen LogP contribution is 1.99. The Morgan fingerprint density at radius 1 is 1.26 bits per heavy atom. The van der Waals surface area contributed by atoms with Crippen molar-refractivity contribution in [1.82, 2.24) is 10.6 Å². The van der Waals surface area contributed by atoms with Gasteiger partial charge in [-0.2, -0.15) is 0 Å². The zero-order valence-electron chi connectivity index (χ0n) is 10.4. The molecule has 7 nitrogen and oxygen atoms in total. The van der Waals surface area contributed by atoms with Crippen molar-refractivity contribution in [2.45, 2.75) is 6.04 Å². The van der Waals surface area contributed by atoms with Gasteiger partial charge in [-0.3, -0.25) is 4.79 Å². The maximum Gasteiger partial charge on any atom is 0.330 e. The molecule has 0 heterocycles. The Morgan fingerprint density at radius 2 is 1.89 bits per heavy atom. The van der Waals surface area contributed by atoms with Crippen molar-refractivity contribution in [3.8, 4) is 0 Å². The highest BCUT2D eigenvalue weighted by molar-refractivity contribution is 5.96. The number of ether oxygens (including phenoxy) is 1. The number of hydrogen-bond donors (Lipinski definition) is 3. The molecule has 0 spiro atoms. The SMILES string of the molecule is COC(=O)[C@@H](CNC(N)=O)NC(=O)c1ccccc1. The van der Waals surface area contributed by atoms with Crippen molar-refractivity contribution in [3.63, 3.8) is 0 Å². The van der Waals surface area contributed by atoms with Crippen molar-refractivity contribution >= 4 is 17.9 Å². The number of nitrogens with one attached hydrogen (secondary N) is 2. The highest BCUT2D eigenvalue weighted by atomic mass is 16.5. The second-order valence-corrected chi connectivity index (χ2v) is 3.66. The summed E-state index contributed by atoms with van der Waals surface area (Å²) < 4.78 is 4.54. The molecule has 0 aliphatic carbocycles. The first kappa shape index (κ1) is 14.5. The molecule has 0 radical (unpaired) electrons. The zero-order chi connectivity index (χ0) is 14.3. The minimum absolute atomic E-state index is 0.138. The van der Waals surface area contributed by atoms with E-state index in [0.29, 0.717) is 5.56 Å². The molecule has 7 heteroatoms. The van der Waals surface area contributed by atoms with Crippen molar-refractivity contribution in [3.05, 3.63) is 35.9 Å². The topological polar surface area (TPSA) is 111 Å². The molecule has 0 aliphatic heterocycles. The molecule has 0 fully saturated rings. The van der Waals surface area contributed by atoms with Crippen LogP contribution in [0.1, 0.15) is 10.4 Å². The molecule has 4 N–H and O–H groups in total. The standard InChI is InChI=1S/C12H15N3O4/c1-19-11(17)9(7-14-12(13)18)15-10(16)8-5-3-2-4-6-8/h2-6,9H,7H2,1H3,(H,15,16)(H3,13,14,18)/t9-/m1/s1. The molecule has 0 saturated carbocycles. The van der Waals surface area contributed by atoms with E-state index >= 15 is 0 Å². The lowest BCUT2D eigenvalue weighted by molar-refractivity contribution is -0.142. The number of amides is 3. The Bertz CT molecular complexity index is 461. The third kappa shape index (κ3) is 4.66. The van der Waals surface area contributed by atoms with Gasteiger partial charge in [0.25, 0.3) is 5.91 Å². The van der Waals surface area contributed by atoms with Crippen molar-refractivity contribution in [2.75, 3.05) is 13.7 Å². The van der Waals surface area contributed by atoms with Gasteiger partial charge in [-0.25, -0.2) is 9.59 Å². The van der Waals surface area contributed by atoms with Crippen LogP contribution < -0.4 is 16.4 Å². The molecule has 0 unspecified atom stereocenters. The number of methoxy groups -OCH3 is 1. The first-order chi connectivity index (χ1) is 9.04. The van der Waals surface area contributed by atoms with E-state index in [1.54, 1.807) is 30.3 Å². The van der Waals surface area contributed by atoms with Gasteiger partial charge in [-0.1, -0.05) is 18.2 Å². The number of urea groups is 1. The first-order valence-corrected chi connectivity index (χ1v) is 5.51. The Kier molecular flexibility index (Phi) is 5.34. The molecule has 1 aromatic rings. The Morgan fingerprint density at radius 3 is 2.42 bits per heavy atom. The van der Waals surface area contributed by atoms with Crippen molar-refractivity contribution < 1.29 is 19.1 Å². The molecule has 1 aromatic carbocycles. The molecule has 0 saturated heterocycles. The summed E-state index contributed by atoms with van der Waals surface area (Å²) in [4.78, 5) is 33.9. The summed E-state index contributed by atoms with van der Waals surface area (Å²) in [5.74, 6) is -1.11. The molecular formula is C12H15N3O4. The van der Waals surface area contributed by atoms with Crippen molar-refractivity contribution in [1.29, 1.82) is 0 Å². The van der Waals surface area contributed by atoms with Gasteiger partial charge < -0.3 is 21.1 Å². The average Bonchev–Trinajstić information content (AvgIpc) is 2.43. The van der Waals surface area contributed by atoms with E-state index in [9.17, 15) is 14.4 Å². The molecule has 3 amide bonds. The smallest absolute Gasteiger partial charge is 0.330 e. The largest absolute Gasteiger partial charge is 0.467 e. The molecule has 19 heavy (non-hydrogen) atoms. The van der Waals surface area contributed by atoms with Crippen LogP contribution in [0, 0.1) is 0 Å². The number of hydrogen-bond acceptors (Lipinski definition) is 4. The normalized spacial score (nSPS) is 11.2. The van der Waals surface area contributed by atoms with Crippen LogP contribution in [0.4, 0.5) is 4.79 Å². The summed E-state index contributed by atoms with van der Waals surface area (Å²) in [6, 6.07) is 6.58. The van der Waals surface area contributed by atoms with Gasteiger partial charge in [0, 0.05) is 5.56 Å². The summed E-state index contributed by atoms with van der Waals surface area (Å²) in [5, 5.41) is 4.70. The van der Waals surface area contributed by atoms with Gasteiger partial charge in [-0.15, -0.1) is 0 Å². The maximum atomic E-state index is 11.9. The summed E-state index contributed by atoms with van der Waals surface area (Å²) in [5.41, 5.74) is 5.31. The van der Waals surface area contributed by atoms with Gasteiger partial charge in [0.15, 0.2) is 0 Å². The Balaban J connectivity index is 2.69. The number of esters is 1. The Labute approximate surface area is 110 Å². The molecular weight excluding hydrogens is 250 g/mol. The lowest BCUT2D eigenvalue weighted by Crippen LogP contribution is -2.49. The van der Waals surface area contributed by atoms with Crippen LogP contribution in [0.3, 0.4) is 0 Å². The summed E-state index contributed by atoms with van der Waals surface area (Å²) in [6.07, 6.45) is 0. The molecule has 0 aliphatic rings. The maximum absolute atomic E-state index is 11.9. The molecule has 102 valence electrons. The van der Waals surface area contributed by atoms with Crippen LogP contribution in [0.2, 0.25) is 0 Å². The fourth-order valence-corrected chi connectivity index (χ4v) is 1.37. The van der Waals surface area contributed by atoms with Crippen LogP contribution in [0.25, 0.3) is 0 Å². The predicted octanol–water partition coefficient (Wildman–Crippen LogP) is -0.374. The molecule has 0 bridgehead atoms. The van der Waals surface area contributed by atoms with E-state index in [4.69, 9.17) is 5.73 Å². The number of benzene rings is 1. The third-order valence-electron chi connectivity index (χ3n) is 2.31. The lowest BCUT2D eigenvalue weighted by atomic mass is 10.2. The number of carbonyl (C=O) groups excluding carboxylic acids is 3. The van der Waals surface area contributed by atoms with Gasteiger partial charge in [0.1, 0.15) is 6.04 Å². The van der Waals surface area contributed by atoms with E-state index < -0.39 is 23.9 Å². The number of carbonyl (C=O) groups is 3. The fourth-order valence-electron chi connectivity index (χ4n) is 1.37. The summed E-state index contributed by atoms with van der Waals surface area (Å²) in [7, 11) is 1.19. The fraction of sp³-hybridized carbons (Fsp3) is 0.250. The molecule has 1 atom stereocenters. The average molecular weight is 265 g/mol. The first-order valence-electron chi connectivity index (χ1n) is 5.51. The second kappa shape index (κ2) is 7.00. The van der Waals surface area contributed by atoms with Crippen LogP contribution in [0.15, 0.2) is 30.3 Å². The number of primary amides is 1. The minimum Gasteiger partial charge on any atom is -0.467 e. The number of rotatable bonds is 5. The lowest BCUT2D eigenvalue weighted by Gasteiger charge is -2.16. The second-order valence-electron chi connectivity index (χ2n) is 3.66. The van der Waals surface area contributed by atoms with E-state index in [0.717, 1.165) is 0 Å². The van der Waals surface area contributed by atoms with Crippen molar-refractivity contribution in [2.24, 2.45) is 5.73 Å². The minimum atomic E-state index is -0.995. The van der Waals surface area contributed by atoms with E-state index in [2.05, 4.69) is 15.4 Å². The van der Waals surface area contributed by atoms with E-state index in [1.807, 2.05) is 0 Å². The summed E-state index contributed by atoms with van der Waals surface area (Å²) in [6.45, 7) is -0.138. The monoisotopic (exact) mass is 265 g/mol. The van der Waals surface area contributed by atoms with Gasteiger partial charge in [-0.05, 0) is 12.1 Å². The van der Waals surface area contributed by atoms with Gasteiger partial charge in [0.2, 0.25) is 0 Å². The van der Waals surface area contributed by atoms with E-state index in [1.165, 1.54) is 7.11 Å². The van der Waals surface area contributed by atoms with Crippen LogP contribution in [-0.2, 0) is 9.53 Å². The zero-order valence-corrected chi connectivity index (χ0v) is 10.4. The molecule has 0 aromatic heterocycles. The van der Waals surface area contributed by atoms with E-state index in [-0.39, 0.29) is 6.54 Å². The van der Waals surface area contributed by atoms with Gasteiger partial charge >= 0.3 is 12.0 Å². The highest BCUT2D eigenvalue weighted by Gasteiger charge is 2.22. The quantitative estimate of drug-likeness (QED) is 0.630. The van der Waals surface area contributed by atoms with Crippen LogP contribution in [-0.4, -0.2) is 37.6 Å². The molecule has 1 rings (SSSR count). The van der Waals surface area contributed by atoms with Crippen LogP contribution in [0.5, 0.6) is 0 Å². The van der Waals surface area contributed by atoms with Gasteiger partial charge in [0.05, 0.1) is 13.7 Å².